The number of esters is 1. The van der Waals surface area contributed by atoms with Crippen molar-refractivity contribution in [3.8, 4) is 22.3 Å². The predicted molar refractivity (Wildman–Crippen MR) is 246 cm³/mol. The molecule has 298 valence electrons. The lowest BCUT2D eigenvalue weighted by Gasteiger charge is -2.26. The highest BCUT2D eigenvalue weighted by atomic mass is 16.5. The summed E-state index contributed by atoms with van der Waals surface area (Å²) in [4.78, 5) is 30.7. The molecule has 2 aromatic carbocycles. The van der Waals surface area contributed by atoms with Gasteiger partial charge in [0.2, 0.25) is 0 Å². The van der Waals surface area contributed by atoms with E-state index in [0.717, 1.165) is 72.7 Å². The number of methoxy groups -OCH3 is 1. The molecule has 0 spiro atoms. The summed E-state index contributed by atoms with van der Waals surface area (Å²) in [6.07, 6.45) is 11.6. The molecule has 2 N–H and O–H groups in total. The molecule has 6 heteroatoms. The maximum absolute atomic E-state index is 12.6. The summed E-state index contributed by atoms with van der Waals surface area (Å²) in [5, 5.41) is 0. The molecule has 58 heavy (non-hydrogen) atoms. The lowest BCUT2D eigenvalue weighted by atomic mass is 9.78. The van der Waals surface area contributed by atoms with Crippen molar-refractivity contribution >= 4 is 58.4 Å². The minimum Gasteiger partial charge on any atom is -0.466 e. The zero-order valence-corrected chi connectivity index (χ0v) is 36.5. The van der Waals surface area contributed by atoms with Crippen LogP contribution in [0.2, 0.25) is 0 Å². The fraction of sp³-hybridized carbons (Fsp3) is 0.327. The van der Waals surface area contributed by atoms with Crippen molar-refractivity contribution in [3.63, 3.8) is 0 Å². The number of rotatable bonds is 4. The smallest absolute Gasteiger partial charge is 0.330 e. The van der Waals surface area contributed by atoms with Crippen LogP contribution >= 0.6 is 0 Å². The molecule has 0 radical (unpaired) electrons. The van der Waals surface area contributed by atoms with Crippen LogP contribution in [0, 0.1) is 0 Å². The third kappa shape index (κ3) is 8.29. The van der Waals surface area contributed by atoms with Gasteiger partial charge in [0.25, 0.3) is 0 Å². The summed E-state index contributed by atoms with van der Waals surface area (Å²) in [7, 11) is 1.39. The lowest BCUT2D eigenvalue weighted by Crippen LogP contribution is -2.16. The fourth-order valence-corrected chi connectivity index (χ4v) is 7.44. The first kappa shape index (κ1) is 40.4. The molecule has 3 aromatic heterocycles. The van der Waals surface area contributed by atoms with E-state index < -0.39 is 5.97 Å². The Morgan fingerprint density at radius 3 is 1.50 bits per heavy atom. The number of fused-ring (bicyclic) bond motifs is 8. The minimum atomic E-state index is -0.441. The van der Waals surface area contributed by atoms with Crippen molar-refractivity contribution in [2.24, 2.45) is 0 Å². The van der Waals surface area contributed by atoms with E-state index in [9.17, 15) is 4.79 Å². The van der Waals surface area contributed by atoms with Gasteiger partial charge in [0.1, 0.15) is 0 Å². The number of nitrogens with one attached hydrogen (secondary N) is 2. The SMILES string of the molecule is COC(=O)/C=C/c1c2nc(c(-c3cc(C(C)(C)C)cc(C(C)(C)C)c3)c3ccc(cc4nc(c(-c5cc(C(C)(C)C)cc(C(C)(C)C)c5)c5ccc1[nH]5)C=C4)[nH]3)C=C2. The first-order valence-corrected chi connectivity index (χ1v) is 20.3. The molecule has 0 saturated heterocycles. The third-order valence-corrected chi connectivity index (χ3v) is 11.1. The number of hydrogen-bond acceptors (Lipinski definition) is 4. The summed E-state index contributed by atoms with van der Waals surface area (Å²) in [6, 6.07) is 24.5. The third-order valence-electron chi connectivity index (χ3n) is 11.1. The topological polar surface area (TPSA) is 83.7 Å². The largest absolute Gasteiger partial charge is 0.466 e. The summed E-state index contributed by atoms with van der Waals surface area (Å²) < 4.78 is 5.05. The molecular formula is C52H58N4O2. The molecule has 2 aliphatic rings. The van der Waals surface area contributed by atoms with E-state index in [1.807, 2.05) is 6.08 Å². The summed E-state index contributed by atoms with van der Waals surface area (Å²) in [5.74, 6) is -0.441. The van der Waals surface area contributed by atoms with Crippen LogP contribution in [0.15, 0.2) is 72.8 Å². The van der Waals surface area contributed by atoms with Crippen LogP contribution in [0.5, 0.6) is 0 Å². The maximum atomic E-state index is 12.6. The second kappa shape index (κ2) is 14.6. The highest BCUT2D eigenvalue weighted by molar-refractivity contribution is 5.97. The van der Waals surface area contributed by atoms with Gasteiger partial charge in [-0.05, 0) is 116 Å². The van der Waals surface area contributed by atoms with Crippen molar-refractivity contribution in [2.75, 3.05) is 7.11 Å². The monoisotopic (exact) mass is 770 g/mol. The molecule has 0 atom stereocenters. The molecule has 5 aromatic rings. The van der Waals surface area contributed by atoms with Crippen LogP contribution in [0.1, 0.15) is 134 Å². The zero-order chi connectivity index (χ0) is 41.9. The number of hydrogen-bond donors (Lipinski definition) is 2. The summed E-state index contributed by atoms with van der Waals surface area (Å²) in [5.41, 5.74) is 16.6. The highest BCUT2D eigenvalue weighted by Gasteiger charge is 2.25. The van der Waals surface area contributed by atoms with E-state index in [2.05, 4.69) is 178 Å². The van der Waals surface area contributed by atoms with Crippen molar-refractivity contribution < 1.29 is 9.53 Å². The number of aromatic nitrogens is 4. The van der Waals surface area contributed by atoms with Crippen LogP contribution in [-0.2, 0) is 31.2 Å². The molecule has 0 amide bonds. The average molecular weight is 771 g/mol. The molecule has 0 unspecified atom stereocenters. The molecule has 2 aliphatic heterocycles. The molecule has 7 rings (SSSR count). The standard InChI is InChI=1S/C52H58N4O2/c1-49(2,3)33-24-31(25-34(28-33)50(4,5)6)47-42-17-14-37(53-42)30-38-15-18-43(54-38)48(32-26-35(51(7,8)9)29-36(27-32)52(10,11)12)45-22-20-41(56-45)39(16-23-46(57)58-13)40-19-21-44(47)55-40/h14-30,53,56H,1-13H3/b23-16+,37-30?,38-30?,40-39?,41-39?,47-42?,47-44?,48-43?,48-45?. The quantitative estimate of drug-likeness (QED) is 0.138. The number of ether oxygens (including phenoxy) is 1. The molecular weight excluding hydrogens is 713 g/mol. The first-order chi connectivity index (χ1) is 27.1. The minimum absolute atomic E-state index is 0.0709. The Hall–Kier alpha value is -5.75. The van der Waals surface area contributed by atoms with Crippen LogP contribution in [-0.4, -0.2) is 33.0 Å². The van der Waals surface area contributed by atoms with Crippen LogP contribution in [0.25, 0.3) is 74.7 Å². The van der Waals surface area contributed by atoms with Gasteiger partial charge in [0.05, 0.1) is 29.9 Å². The number of carbonyl (C=O) groups is 1. The summed E-state index contributed by atoms with van der Waals surface area (Å²) >= 11 is 0. The molecule has 5 heterocycles. The van der Waals surface area contributed by atoms with E-state index in [-0.39, 0.29) is 21.7 Å². The molecule has 0 saturated carbocycles. The Labute approximate surface area is 344 Å². The van der Waals surface area contributed by atoms with Gasteiger partial charge < -0.3 is 14.7 Å². The molecule has 6 nitrogen and oxygen atoms in total. The molecule has 8 bridgehead atoms. The Balaban J connectivity index is 1.62. The van der Waals surface area contributed by atoms with Gasteiger partial charge in [0, 0.05) is 44.8 Å². The first-order valence-electron chi connectivity index (χ1n) is 20.3. The normalized spacial score (nSPS) is 13.5. The van der Waals surface area contributed by atoms with Crippen molar-refractivity contribution in [2.45, 2.75) is 105 Å². The Morgan fingerprint density at radius 2 is 0.983 bits per heavy atom. The van der Waals surface area contributed by atoms with Crippen LogP contribution in [0.4, 0.5) is 0 Å². The average Bonchev–Trinajstić information content (AvgIpc) is 3.97. The maximum Gasteiger partial charge on any atom is 0.330 e. The van der Waals surface area contributed by atoms with Gasteiger partial charge in [-0.15, -0.1) is 0 Å². The van der Waals surface area contributed by atoms with E-state index >= 15 is 0 Å². The Morgan fingerprint density at radius 1 is 0.534 bits per heavy atom. The van der Waals surface area contributed by atoms with Crippen molar-refractivity contribution in [3.05, 3.63) is 123 Å². The lowest BCUT2D eigenvalue weighted by molar-refractivity contribution is -0.134. The fourth-order valence-electron chi connectivity index (χ4n) is 7.44. The number of carbonyl (C=O) groups excluding carboxylic acids is 1. The number of H-pyrrole nitrogens is 2. The Bertz CT molecular complexity index is 2570. The van der Waals surface area contributed by atoms with E-state index in [1.54, 1.807) is 6.08 Å². The summed E-state index contributed by atoms with van der Waals surface area (Å²) in [6.45, 7) is 27.1. The number of aromatic amines is 2. The van der Waals surface area contributed by atoms with E-state index in [1.165, 1.54) is 35.4 Å². The zero-order valence-electron chi connectivity index (χ0n) is 36.5. The van der Waals surface area contributed by atoms with Gasteiger partial charge >= 0.3 is 5.97 Å². The predicted octanol–water partition coefficient (Wildman–Crippen LogP) is 13.4. The van der Waals surface area contributed by atoms with Gasteiger partial charge in [-0.25, -0.2) is 14.8 Å². The van der Waals surface area contributed by atoms with Gasteiger partial charge in [-0.1, -0.05) is 119 Å². The van der Waals surface area contributed by atoms with E-state index in [0.29, 0.717) is 0 Å². The molecule has 0 aliphatic carbocycles. The second-order valence-corrected chi connectivity index (χ2v) is 19.8. The van der Waals surface area contributed by atoms with Crippen LogP contribution in [0.3, 0.4) is 0 Å². The van der Waals surface area contributed by atoms with Crippen LogP contribution < -0.4 is 0 Å². The van der Waals surface area contributed by atoms with Gasteiger partial charge in [-0.2, -0.15) is 0 Å². The second-order valence-electron chi connectivity index (χ2n) is 19.8. The highest BCUT2D eigenvalue weighted by Crippen LogP contribution is 2.40. The van der Waals surface area contributed by atoms with Crippen molar-refractivity contribution in [1.82, 2.24) is 19.9 Å². The van der Waals surface area contributed by atoms with Gasteiger partial charge in [-0.3, -0.25) is 0 Å². The van der Waals surface area contributed by atoms with Crippen molar-refractivity contribution in [1.29, 1.82) is 0 Å². The number of nitrogens with zero attached hydrogens (tertiary/aromatic N) is 2. The van der Waals surface area contributed by atoms with Gasteiger partial charge in [0.15, 0.2) is 0 Å². The molecule has 0 fully saturated rings. The number of benzene rings is 2. The Kier molecular flexibility index (Phi) is 10.2. The van der Waals surface area contributed by atoms with E-state index in [4.69, 9.17) is 14.7 Å².